The Bertz CT molecular complexity index is 1150. The van der Waals surface area contributed by atoms with Crippen molar-refractivity contribution in [2.24, 2.45) is 0 Å². The van der Waals surface area contributed by atoms with Gasteiger partial charge in [0.1, 0.15) is 13.2 Å². The Kier molecular flexibility index (Phi) is 62.1. The maximum Gasteiger partial charge on any atom is 0.306 e. The summed E-state index contributed by atoms with van der Waals surface area (Å²) < 4.78 is 17.0. The first-order valence-corrected chi connectivity index (χ1v) is 33.7. The van der Waals surface area contributed by atoms with Gasteiger partial charge in [-0.05, 0) is 44.9 Å². The van der Waals surface area contributed by atoms with Crippen molar-refractivity contribution in [3.8, 4) is 0 Å². The summed E-state index contributed by atoms with van der Waals surface area (Å²) in [5.74, 6) is -0.832. The van der Waals surface area contributed by atoms with Crippen LogP contribution in [0.3, 0.4) is 0 Å². The standard InChI is InChI=1S/C68H130O6/c1-4-7-10-13-16-19-22-24-26-28-30-32-33-34-35-36-38-39-41-43-46-49-52-55-58-61-67(70)73-64-65(63-72-66(69)60-57-54-51-48-45-21-18-15-12-9-6-3)74-68(71)62-59-56-53-50-47-44-42-40-37-31-29-27-25-23-20-17-14-11-8-5-2/h28,30,65H,4-27,29,31-64H2,1-3H3/b30-28-. The maximum atomic E-state index is 12.9. The third kappa shape index (κ3) is 61.0. The van der Waals surface area contributed by atoms with Crippen molar-refractivity contribution in [1.29, 1.82) is 0 Å². The van der Waals surface area contributed by atoms with Crippen LogP contribution < -0.4 is 0 Å². The average molecular weight is 1040 g/mol. The molecule has 0 bridgehead atoms. The summed E-state index contributed by atoms with van der Waals surface area (Å²) in [6.07, 6.45) is 75.2. The molecule has 1 unspecified atom stereocenters. The molecule has 74 heavy (non-hydrogen) atoms. The van der Waals surface area contributed by atoms with Crippen LogP contribution in [-0.4, -0.2) is 37.2 Å². The SMILES string of the molecule is CCCCCCCCCC/C=C\CCCCCCCCCCCCCCCC(=O)OCC(COC(=O)CCCCCCCCCCCCC)OC(=O)CCCCCCCCCCCCCCCCCCCCCC. The zero-order valence-electron chi connectivity index (χ0n) is 50.4. The molecule has 0 saturated heterocycles. The van der Waals surface area contributed by atoms with Crippen LogP contribution in [0.15, 0.2) is 12.2 Å². The molecule has 0 spiro atoms. The molecule has 0 aromatic heterocycles. The lowest BCUT2D eigenvalue weighted by atomic mass is 10.0. The summed E-state index contributed by atoms with van der Waals surface area (Å²) in [6.45, 7) is 6.71. The molecule has 0 radical (unpaired) electrons. The topological polar surface area (TPSA) is 78.9 Å². The molecule has 0 aliphatic heterocycles. The average Bonchev–Trinajstić information content (AvgIpc) is 3.40. The highest BCUT2D eigenvalue weighted by Crippen LogP contribution is 2.18. The molecule has 6 nitrogen and oxygen atoms in total. The molecule has 0 aliphatic carbocycles. The number of carbonyl (C=O) groups is 3. The minimum atomic E-state index is -0.765. The van der Waals surface area contributed by atoms with Gasteiger partial charge in [-0.1, -0.05) is 335 Å². The van der Waals surface area contributed by atoms with Gasteiger partial charge in [0.25, 0.3) is 0 Å². The van der Waals surface area contributed by atoms with Crippen LogP contribution in [0.5, 0.6) is 0 Å². The number of rotatable bonds is 63. The number of hydrogen-bond donors (Lipinski definition) is 0. The smallest absolute Gasteiger partial charge is 0.306 e. The molecule has 0 aromatic rings. The highest BCUT2D eigenvalue weighted by atomic mass is 16.6. The van der Waals surface area contributed by atoms with Gasteiger partial charge >= 0.3 is 17.9 Å². The predicted octanol–water partition coefficient (Wildman–Crippen LogP) is 22.8. The van der Waals surface area contributed by atoms with E-state index in [1.807, 2.05) is 0 Å². The normalized spacial score (nSPS) is 12.0. The molecule has 6 heteroatoms. The van der Waals surface area contributed by atoms with Crippen molar-refractivity contribution in [3.05, 3.63) is 12.2 Å². The lowest BCUT2D eigenvalue weighted by molar-refractivity contribution is -0.167. The van der Waals surface area contributed by atoms with E-state index >= 15 is 0 Å². The van der Waals surface area contributed by atoms with Gasteiger partial charge in [-0.25, -0.2) is 0 Å². The van der Waals surface area contributed by atoms with Gasteiger partial charge in [0.05, 0.1) is 0 Å². The van der Waals surface area contributed by atoms with Crippen molar-refractivity contribution >= 4 is 17.9 Å². The van der Waals surface area contributed by atoms with E-state index in [0.717, 1.165) is 57.8 Å². The first-order chi connectivity index (χ1) is 36.5. The molecule has 438 valence electrons. The zero-order valence-corrected chi connectivity index (χ0v) is 50.4. The van der Waals surface area contributed by atoms with Crippen LogP contribution in [0.4, 0.5) is 0 Å². The van der Waals surface area contributed by atoms with Crippen LogP contribution in [0.2, 0.25) is 0 Å². The predicted molar refractivity (Wildman–Crippen MR) is 321 cm³/mol. The molecule has 0 saturated carbocycles. The van der Waals surface area contributed by atoms with Gasteiger partial charge in [-0.15, -0.1) is 0 Å². The minimum Gasteiger partial charge on any atom is -0.462 e. The second-order valence-corrected chi connectivity index (χ2v) is 23.1. The number of ether oxygens (including phenoxy) is 3. The van der Waals surface area contributed by atoms with Crippen molar-refractivity contribution in [3.63, 3.8) is 0 Å². The quantitative estimate of drug-likeness (QED) is 0.0261. The van der Waals surface area contributed by atoms with Gasteiger partial charge in [0, 0.05) is 19.3 Å². The van der Waals surface area contributed by atoms with Crippen molar-refractivity contribution in [2.45, 2.75) is 393 Å². The fourth-order valence-electron chi connectivity index (χ4n) is 10.4. The largest absolute Gasteiger partial charge is 0.462 e. The molecule has 0 aromatic carbocycles. The van der Waals surface area contributed by atoms with Gasteiger partial charge in [-0.2, -0.15) is 0 Å². The van der Waals surface area contributed by atoms with Crippen LogP contribution in [0, 0.1) is 0 Å². The second-order valence-electron chi connectivity index (χ2n) is 23.1. The van der Waals surface area contributed by atoms with Crippen LogP contribution in [0.25, 0.3) is 0 Å². The van der Waals surface area contributed by atoms with E-state index < -0.39 is 6.10 Å². The van der Waals surface area contributed by atoms with Gasteiger partial charge < -0.3 is 14.2 Å². The minimum absolute atomic E-state index is 0.0630. The third-order valence-corrected chi connectivity index (χ3v) is 15.5. The van der Waals surface area contributed by atoms with E-state index in [-0.39, 0.29) is 31.1 Å². The van der Waals surface area contributed by atoms with Crippen LogP contribution in [-0.2, 0) is 28.6 Å². The monoisotopic (exact) mass is 1040 g/mol. The molecule has 0 fully saturated rings. The molecule has 0 aliphatic rings. The summed E-state index contributed by atoms with van der Waals surface area (Å²) in [7, 11) is 0. The first kappa shape index (κ1) is 72.2. The van der Waals surface area contributed by atoms with E-state index in [1.54, 1.807) is 0 Å². The zero-order chi connectivity index (χ0) is 53.6. The molecular formula is C68H130O6. The Morgan fingerprint density at radius 1 is 0.257 bits per heavy atom. The summed E-state index contributed by atoms with van der Waals surface area (Å²) in [5.41, 5.74) is 0. The fourth-order valence-corrected chi connectivity index (χ4v) is 10.4. The fraction of sp³-hybridized carbons (Fsp3) is 0.926. The Balaban J connectivity index is 4.17. The molecule has 0 heterocycles. The molecule has 1 atom stereocenters. The lowest BCUT2D eigenvalue weighted by Crippen LogP contribution is -2.30. The number of unbranched alkanes of at least 4 members (excludes halogenated alkanes) is 50. The molecule has 0 amide bonds. The van der Waals surface area contributed by atoms with Crippen LogP contribution in [0.1, 0.15) is 387 Å². The van der Waals surface area contributed by atoms with E-state index in [4.69, 9.17) is 14.2 Å². The van der Waals surface area contributed by atoms with E-state index in [9.17, 15) is 14.4 Å². The lowest BCUT2D eigenvalue weighted by Gasteiger charge is -2.18. The van der Waals surface area contributed by atoms with E-state index in [2.05, 4.69) is 32.9 Å². The summed E-state index contributed by atoms with van der Waals surface area (Å²) >= 11 is 0. The summed E-state index contributed by atoms with van der Waals surface area (Å²) in [6, 6.07) is 0. The molecule has 0 rings (SSSR count). The Labute approximate surface area is 462 Å². The number of allylic oxidation sites excluding steroid dienone is 2. The summed E-state index contributed by atoms with van der Waals surface area (Å²) in [5, 5.41) is 0. The molecular weight excluding hydrogens is 913 g/mol. The van der Waals surface area contributed by atoms with Crippen molar-refractivity contribution < 1.29 is 28.6 Å². The van der Waals surface area contributed by atoms with E-state index in [1.165, 1.54) is 289 Å². The summed E-state index contributed by atoms with van der Waals surface area (Å²) in [4.78, 5) is 38.3. The number of hydrogen-bond acceptors (Lipinski definition) is 6. The Morgan fingerprint density at radius 2 is 0.446 bits per heavy atom. The highest BCUT2D eigenvalue weighted by molar-refractivity contribution is 5.71. The number of carbonyl (C=O) groups excluding carboxylic acids is 3. The second kappa shape index (κ2) is 63.7. The maximum absolute atomic E-state index is 12.9. The van der Waals surface area contributed by atoms with Gasteiger partial charge in [-0.3, -0.25) is 14.4 Å². The number of esters is 3. The molecule has 0 N–H and O–H groups in total. The van der Waals surface area contributed by atoms with Gasteiger partial charge in [0.15, 0.2) is 6.10 Å². The van der Waals surface area contributed by atoms with Crippen molar-refractivity contribution in [1.82, 2.24) is 0 Å². The Morgan fingerprint density at radius 3 is 0.676 bits per heavy atom. The Hall–Kier alpha value is -1.85. The highest BCUT2D eigenvalue weighted by Gasteiger charge is 2.19. The first-order valence-electron chi connectivity index (χ1n) is 33.7. The third-order valence-electron chi connectivity index (χ3n) is 15.5. The van der Waals surface area contributed by atoms with Crippen molar-refractivity contribution in [2.75, 3.05) is 13.2 Å². The van der Waals surface area contributed by atoms with E-state index in [0.29, 0.717) is 19.3 Å². The van der Waals surface area contributed by atoms with Crippen LogP contribution >= 0.6 is 0 Å². The van der Waals surface area contributed by atoms with Gasteiger partial charge in [0.2, 0.25) is 0 Å².